The van der Waals surface area contributed by atoms with E-state index in [0.717, 1.165) is 4.90 Å². The van der Waals surface area contributed by atoms with E-state index in [0.29, 0.717) is 11.3 Å². The number of carbonyl (C=O) groups is 2. The Balaban J connectivity index is 1.46. The maximum Gasteiger partial charge on any atom is 0.254 e. The summed E-state index contributed by atoms with van der Waals surface area (Å²) in [6.07, 6.45) is 0. The second kappa shape index (κ2) is 8.22. The first-order valence-corrected chi connectivity index (χ1v) is 12.1. The lowest BCUT2D eigenvalue weighted by molar-refractivity contribution is -0.115. The monoisotopic (exact) mass is 465 g/mol. The first-order chi connectivity index (χ1) is 14.3. The third-order valence-corrected chi connectivity index (χ3v) is 8.71. The van der Waals surface area contributed by atoms with Crippen LogP contribution in [0.2, 0.25) is 5.02 Å². The van der Waals surface area contributed by atoms with Gasteiger partial charge in [-0.15, -0.1) is 11.8 Å². The highest BCUT2D eigenvalue weighted by atomic mass is 35.5. The van der Waals surface area contributed by atoms with Crippen LogP contribution in [-0.2, 0) is 14.8 Å². The molecule has 30 heavy (non-hydrogen) atoms. The lowest BCUT2D eigenvalue weighted by Crippen LogP contribution is -2.50. The van der Waals surface area contributed by atoms with Crippen LogP contribution in [0.5, 0.6) is 0 Å². The third kappa shape index (κ3) is 3.94. The zero-order valence-electron chi connectivity index (χ0n) is 16.2. The number of amides is 2. The number of sulfonamides is 1. The van der Waals surface area contributed by atoms with E-state index in [1.165, 1.54) is 22.1 Å². The molecule has 0 radical (unpaired) electrons. The van der Waals surface area contributed by atoms with Gasteiger partial charge in [-0.3, -0.25) is 9.59 Å². The van der Waals surface area contributed by atoms with Gasteiger partial charge in [-0.25, -0.2) is 8.42 Å². The third-order valence-electron chi connectivity index (χ3n) is 5.14. The molecule has 0 saturated carbocycles. The number of anilines is 1. The number of thioether (sulfide) groups is 1. The smallest absolute Gasteiger partial charge is 0.254 e. The summed E-state index contributed by atoms with van der Waals surface area (Å²) < 4.78 is 27.1. The summed E-state index contributed by atoms with van der Waals surface area (Å²) >= 11 is 7.52. The van der Waals surface area contributed by atoms with Crippen molar-refractivity contribution in [2.45, 2.75) is 22.0 Å². The molecule has 158 valence electrons. The average molecular weight is 466 g/mol. The van der Waals surface area contributed by atoms with Gasteiger partial charge in [0.15, 0.2) is 0 Å². The second-order valence-corrected chi connectivity index (χ2v) is 10.8. The largest absolute Gasteiger partial charge is 0.336 e. The Hall–Kier alpha value is -2.07. The number of hydrogen-bond acceptors (Lipinski definition) is 5. The molecule has 2 aromatic rings. The van der Waals surface area contributed by atoms with Gasteiger partial charge in [0, 0.05) is 36.6 Å². The normalized spacial score (nSPS) is 19.9. The van der Waals surface area contributed by atoms with Crippen molar-refractivity contribution in [2.75, 3.05) is 31.5 Å². The number of rotatable bonds is 3. The Bertz CT molecular complexity index is 1110. The number of nitrogens with zero attached hydrogens (tertiary/aromatic N) is 2. The Morgan fingerprint density at radius 3 is 2.53 bits per heavy atom. The molecule has 2 aromatic carbocycles. The summed E-state index contributed by atoms with van der Waals surface area (Å²) in [5.41, 5.74) is 1.10. The SMILES string of the molecule is C[C@@H]1Sc2ccc(C(=O)N3CCN(S(=O)(=O)c4ccccc4Cl)CC3)cc2NC1=O. The molecule has 4 rings (SSSR count). The Morgan fingerprint density at radius 1 is 1.13 bits per heavy atom. The number of halogens is 1. The van der Waals surface area contributed by atoms with Gasteiger partial charge in [-0.2, -0.15) is 4.31 Å². The molecule has 2 heterocycles. The van der Waals surface area contributed by atoms with E-state index in [9.17, 15) is 18.0 Å². The van der Waals surface area contributed by atoms with Crippen molar-refractivity contribution >= 4 is 50.9 Å². The molecule has 10 heteroatoms. The average Bonchev–Trinajstić information content (AvgIpc) is 2.74. The molecule has 0 bridgehead atoms. The molecular formula is C20H20ClN3O4S2. The summed E-state index contributed by atoms with van der Waals surface area (Å²) in [5.74, 6) is -0.277. The molecule has 0 aliphatic carbocycles. The van der Waals surface area contributed by atoms with Crippen LogP contribution in [-0.4, -0.2) is 60.9 Å². The fraction of sp³-hybridized carbons (Fsp3) is 0.300. The van der Waals surface area contributed by atoms with Crippen molar-refractivity contribution in [1.29, 1.82) is 0 Å². The van der Waals surface area contributed by atoms with Crippen LogP contribution < -0.4 is 5.32 Å². The molecule has 1 atom stereocenters. The lowest BCUT2D eigenvalue weighted by Gasteiger charge is -2.34. The number of carbonyl (C=O) groups excluding carboxylic acids is 2. The molecule has 1 saturated heterocycles. The summed E-state index contributed by atoms with van der Waals surface area (Å²) in [6, 6.07) is 11.6. The van der Waals surface area contributed by atoms with Crippen LogP contribution in [0.1, 0.15) is 17.3 Å². The minimum absolute atomic E-state index is 0.0728. The van der Waals surface area contributed by atoms with Crippen molar-refractivity contribution < 1.29 is 18.0 Å². The van der Waals surface area contributed by atoms with Gasteiger partial charge in [0.25, 0.3) is 5.91 Å². The van der Waals surface area contributed by atoms with E-state index in [1.807, 2.05) is 13.0 Å². The van der Waals surface area contributed by atoms with Crippen LogP contribution in [0.25, 0.3) is 0 Å². The van der Waals surface area contributed by atoms with E-state index in [-0.39, 0.29) is 53.2 Å². The Kier molecular flexibility index (Phi) is 5.80. The summed E-state index contributed by atoms with van der Waals surface area (Å²) in [5, 5.41) is 2.83. The highest BCUT2D eigenvalue weighted by Crippen LogP contribution is 2.36. The first-order valence-electron chi connectivity index (χ1n) is 9.43. The topological polar surface area (TPSA) is 86.8 Å². The van der Waals surface area contributed by atoms with Crippen LogP contribution >= 0.6 is 23.4 Å². The molecule has 7 nitrogen and oxygen atoms in total. The maximum absolute atomic E-state index is 12.9. The maximum atomic E-state index is 12.9. The lowest BCUT2D eigenvalue weighted by atomic mass is 10.1. The molecule has 1 N–H and O–H groups in total. The van der Waals surface area contributed by atoms with Crippen molar-refractivity contribution in [3.05, 3.63) is 53.1 Å². The predicted octanol–water partition coefficient (Wildman–Crippen LogP) is 2.92. The molecule has 0 aromatic heterocycles. The fourth-order valence-electron chi connectivity index (χ4n) is 3.45. The van der Waals surface area contributed by atoms with Crippen molar-refractivity contribution in [3.63, 3.8) is 0 Å². The number of nitrogens with one attached hydrogen (secondary N) is 1. The van der Waals surface area contributed by atoms with Gasteiger partial charge >= 0.3 is 0 Å². The summed E-state index contributed by atoms with van der Waals surface area (Å²) in [6.45, 7) is 2.76. The highest BCUT2D eigenvalue weighted by molar-refractivity contribution is 8.01. The standard InChI is InChI=1S/C20H20ClN3O4S2/c1-13-19(25)22-16-12-14(6-7-17(16)29-13)20(26)23-8-10-24(11-9-23)30(27,28)18-5-3-2-4-15(18)21/h2-7,12-13H,8-11H2,1H3,(H,22,25)/t13-/m0/s1. The second-order valence-electron chi connectivity index (χ2n) is 7.09. The van der Waals surface area contributed by atoms with Gasteiger partial charge in [0.05, 0.1) is 16.0 Å². The van der Waals surface area contributed by atoms with E-state index in [2.05, 4.69) is 5.32 Å². The van der Waals surface area contributed by atoms with Gasteiger partial charge in [0.2, 0.25) is 15.9 Å². The molecule has 0 unspecified atom stereocenters. The molecular weight excluding hydrogens is 446 g/mol. The van der Waals surface area contributed by atoms with E-state index in [4.69, 9.17) is 11.6 Å². The van der Waals surface area contributed by atoms with Gasteiger partial charge in [-0.05, 0) is 37.3 Å². The van der Waals surface area contributed by atoms with E-state index in [1.54, 1.807) is 35.2 Å². The summed E-state index contributed by atoms with van der Waals surface area (Å²) in [4.78, 5) is 27.5. The van der Waals surface area contributed by atoms with Crippen LogP contribution in [0, 0.1) is 0 Å². The van der Waals surface area contributed by atoms with Crippen molar-refractivity contribution in [3.8, 4) is 0 Å². The number of hydrogen-bond donors (Lipinski definition) is 1. The highest BCUT2D eigenvalue weighted by Gasteiger charge is 2.32. The van der Waals surface area contributed by atoms with E-state index >= 15 is 0 Å². The first kappa shape index (κ1) is 21.2. The number of fused-ring (bicyclic) bond motifs is 1. The van der Waals surface area contributed by atoms with Gasteiger partial charge in [0.1, 0.15) is 4.90 Å². The predicted molar refractivity (Wildman–Crippen MR) is 117 cm³/mol. The van der Waals surface area contributed by atoms with Crippen LogP contribution in [0.15, 0.2) is 52.3 Å². The number of benzene rings is 2. The quantitative estimate of drug-likeness (QED) is 0.753. The molecule has 1 fully saturated rings. The number of piperazine rings is 1. The van der Waals surface area contributed by atoms with Gasteiger partial charge in [-0.1, -0.05) is 23.7 Å². The fourth-order valence-corrected chi connectivity index (χ4v) is 6.29. The van der Waals surface area contributed by atoms with Crippen LogP contribution in [0.3, 0.4) is 0 Å². The minimum atomic E-state index is -3.72. The zero-order valence-corrected chi connectivity index (χ0v) is 18.6. The zero-order chi connectivity index (χ0) is 21.5. The van der Waals surface area contributed by atoms with Crippen molar-refractivity contribution in [1.82, 2.24) is 9.21 Å². The Labute approximate surface area is 184 Å². The molecule has 2 aliphatic heterocycles. The molecule has 0 spiro atoms. The van der Waals surface area contributed by atoms with E-state index < -0.39 is 10.0 Å². The molecule has 2 aliphatic rings. The minimum Gasteiger partial charge on any atom is -0.336 e. The Morgan fingerprint density at radius 2 is 1.83 bits per heavy atom. The summed E-state index contributed by atoms with van der Waals surface area (Å²) in [7, 11) is -3.72. The van der Waals surface area contributed by atoms with Crippen LogP contribution in [0.4, 0.5) is 5.69 Å². The van der Waals surface area contributed by atoms with Gasteiger partial charge < -0.3 is 10.2 Å². The molecule has 2 amide bonds. The van der Waals surface area contributed by atoms with Crippen molar-refractivity contribution in [2.24, 2.45) is 0 Å².